The Balaban J connectivity index is 1.95. The number of aryl methyl sites for hydroxylation is 1. The Morgan fingerprint density at radius 1 is 1.14 bits per heavy atom. The molecule has 1 aliphatic rings. The largest absolute Gasteiger partial charge is 0.368 e. The maximum absolute atomic E-state index is 5.86. The van der Waals surface area contributed by atoms with Gasteiger partial charge in [0.05, 0.1) is 6.20 Å². The third-order valence-corrected chi connectivity index (χ3v) is 3.56. The SMILES string of the molecule is CCCn1nncc1-c1nc(N)nc(N2CCCCC2)n1. The first kappa shape index (κ1) is 13.7. The lowest BCUT2D eigenvalue weighted by Crippen LogP contribution is -2.31. The van der Waals surface area contributed by atoms with Crippen LogP contribution in [0.2, 0.25) is 0 Å². The van der Waals surface area contributed by atoms with Gasteiger partial charge in [-0.15, -0.1) is 5.10 Å². The molecule has 1 fully saturated rings. The molecule has 112 valence electrons. The van der Waals surface area contributed by atoms with Crippen LogP contribution in [0, 0.1) is 0 Å². The van der Waals surface area contributed by atoms with Crippen molar-refractivity contribution < 1.29 is 0 Å². The smallest absolute Gasteiger partial charge is 0.230 e. The number of nitrogens with two attached hydrogens (primary N) is 1. The van der Waals surface area contributed by atoms with Crippen molar-refractivity contribution in [2.24, 2.45) is 0 Å². The normalized spacial score (nSPS) is 15.4. The van der Waals surface area contributed by atoms with Gasteiger partial charge < -0.3 is 10.6 Å². The zero-order valence-corrected chi connectivity index (χ0v) is 12.2. The molecule has 1 aliphatic heterocycles. The fraction of sp³-hybridized carbons (Fsp3) is 0.615. The molecule has 3 rings (SSSR count). The molecule has 0 spiro atoms. The van der Waals surface area contributed by atoms with Crippen molar-refractivity contribution in [3.05, 3.63) is 6.20 Å². The van der Waals surface area contributed by atoms with E-state index < -0.39 is 0 Å². The van der Waals surface area contributed by atoms with E-state index in [2.05, 4.69) is 37.1 Å². The third kappa shape index (κ3) is 2.93. The first-order chi connectivity index (χ1) is 10.3. The summed E-state index contributed by atoms with van der Waals surface area (Å²) in [6.07, 6.45) is 6.23. The lowest BCUT2D eigenvalue weighted by atomic mass is 10.1. The van der Waals surface area contributed by atoms with E-state index in [9.17, 15) is 0 Å². The Bertz CT molecular complexity index is 602. The van der Waals surface area contributed by atoms with E-state index in [1.54, 1.807) is 10.9 Å². The van der Waals surface area contributed by atoms with Gasteiger partial charge in [0.1, 0.15) is 5.69 Å². The minimum absolute atomic E-state index is 0.241. The molecule has 1 saturated heterocycles. The summed E-state index contributed by atoms with van der Waals surface area (Å²) in [4.78, 5) is 15.2. The van der Waals surface area contributed by atoms with Gasteiger partial charge in [0, 0.05) is 19.6 Å². The molecule has 0 saturated carbocycles. The summed E-state index contributed by atoms with van der Waals surface area (Å²) < 4.78 is 1.80. The molecule has 2 aromatic rings. The molecular formula is C13H20N8. The Kier molecular flexibility index (Phi) is 3.94. The maximum Gasteiger partial charge on any atom is 0.230 e. The summed E-state index contributed by atoms with van der Waals surface area (Å²) >= 11 is 0. The fourth-order valence-corrected chi connectivity index (χ4v) is 2.54. The van der Waals surface area contributed by atoms with Crippen LogP contribution in [0.5, 0.6) is 0 Å². The van der Waals surface area contributed by atoms with Crippen molar-refractivity contribution in [1.29, 1.82) is 0 Å². The molecule has 0 bridgehead atoms. The molecule has 2 aromatic heterocycles. The standard InChI is InChI=1S/C13H20N8/c1-2-6-21-10(9-15-19-21)11-16-12(14)18-13(17-11)20-7-4-3-5-8-20/h9H,2-8H2,1H3,(H2,14,16,17,18). The molecule has 0 amide bonds. The van der Waals surface area contributed by atoms with Crippen molar-refractivity contribution in [3.63, 3.8) is 0 Å². The van der Waals surface area contributed by atoms with Crippen LogP contribution in [0.15, 0.2) is 6.20 Å². The lowest BCUT2D eigenvalue weighted by Gasteiger charge is -2.26. The number of anilines is 2. The van der Waals surface area contributed by atoms with Crippen LogP contribution in [-0.4, -0.2) is 43.0 Å². The van der Waals surface area contributed by atoms with Crippen molar-refractivity contribution >= 4 is 11.9 Å². The number of rotatable bonds is 4. The van der Waals surface area contributed by atoms with Gasteiger partial charge in [0.2, 0.25) is 11.9 Å². The van der Waals surface area contributed by atoms with Crippen LogP contribution in [0.1, 0.15) is 32.6 Å². The van der Waals surface area contributed by atoms with E-state index in [0.717, 1.165) is 44.6 Å². The third-order valence-electron chi connectivity index (χ3n) is 3.56. The molecule has 8 nitrogen and oxygen atoms in total. The lowest BCUT2D eigenvalue weighted by molar-refractivity contribution is 0.566. The number of hydrogen-bond donors (Lipinski definition) is 1. The van der Waals surface area contributed by atoms with Crippen LogP contribution in [0.25, 0.3) is 11.5 Å². The summed E-state index contributed by atoms with van der Waals surface area (Å²) in [7, 11) is 0. The average Bonchev–Trinajstić information content (AvgIpc) is 2.96. The molecule has 0 radical (unpaired) electrons. The van der Waals surface area contributed by atoms with Crippen molar-refractivity contribution in [2.45, 2.75) is 39.2 Å². The number of piperidine rings is 1. The van der Waals surface area contributed by atoms with Crippen LogP contribution in [0.4, 0.5) is 11.9 Å². The molecule has 3 heterocycles. The molecule has 0 atom stereocenters. The molecule has 21 heavy (non-hydrogen) atoms. The Morgan fingerprint density at radius 3 is 2.71 bits per heavy atom. The summed E-state index contributed by atoms with van der Waals surface area (Å²) in [5, 5.41) is 8.01. The summed E-state index contributed by atoms with van der Waals surface area (Å²) in [5.41, 5.74) is 6.64. The fourth-order valence-electron chi connectivity index (χ4n) is 2.54. The van der Waals surface area contributed by atoms with Crippen molar-refractivity contribution in [1.82, 2.24) is 29.9 Å². The molecule has 2 N–H and O–H groups in total. The highest BCUT2D eigenvalue weighted by Gasteiger charge is 2.18. The Morgan fingerprint density at radius 2 is 1.95 bits per heavy atom. The predicted molar refractivity (Wildman–Crippen MR) is 79.6 cm³/mol. The van der Waals surface area contributed by atoms with Gasteiger partial charge in [-0.1, -0.05) is 12.1 Å². The Hall–Kier alpha value is -2.25. The van der Waals surface area contributed by atoms with Gasteiger partial charge in [0.15, 0.2) is 5.82 Å². The Labute approximate surface area is 123 Å². The second-order valence-corrected chi connectivity index (χ2v) is 5.21. The van der Waals surface area contributed by atoms with E-state index in [-0.39, 0.29) is 5.95 Å². The van der Waals surface area contributed by atoms with E-state index in [0.29, 0.717) is 11.8 Å². The minimum atomic E-state index is 0.241. The second-order valence-electron chi connectivity index (χ2n) is 5.21. The van der Waals surface area contributed by atoms with Gasteiger partial charge in [-0.05, 0) is 25.7 Å². The zero-order chi connectivity index (χ0) is 14.7. The van der Waals surface area contributed by atoms with Gasteiger partial charge in [-0.25, -0.2) is 4.68 Å². The minimum Gasteiger partial charge on any atom is -0.368 e. The average molecular weight is 288 g/mol. The number of hydrogen-bond acceptors (Lipinski definition) is 7. The molecule has 8 heteroatoms. The van der Waals surface area contributed by atoms with E-state index >= 15 is 0 Å². The van der Waals surface area contributed by atoms with Crippen LogP contribution < -0.4 is 10.6 Å². The first-order valence-electron chi connectivity index (χ1n) is 7.43. The summed E-state index contributed by atoms with van der Waals surface area (Å²) in [6, 6.07) is 0. The van der Waals surface area contributed by atoms with Crippen LogP contribution in [0.3, 0.4) is 0 Å². The predicted octanol–water partition coefficient (Wildman–Crippen LogP) is 1.11. The molecular weight excluding hydrogens is 268 g/mol. The number of aromatic nitrogens is 6. The van der Waals surface area contributed by atoms with E-state index in [4.69, 9.17) is 5.73 Å². The number of nitrogens with zero attached hydrogens (tertiary/aromatic N) is 7. The van der Waals surface area contributed by atoms with Gasteiger partial charge in [-0.3, -0.25) is 0 Å². The monoisotopic (exact) mass is 288 g/mol. The molecule has 0 unspecified atom stereocenters. The van der Waals surface area contributed by atoms with Crippen LogP contribution in [-0.2, 0) is 6.54 Å². The highest BCUT2D eigenvalue weighted by molar-refractivity contribution is 5.52. The number of nitrogen functional groups attached to an aromatic ring is 1. The van der Waals surface area contributed by atoms with Gasteiger partial charge in [0.25, 0.3) is 0 Å². The quantitative estimate of drug-likeness (QED) is 0.899. The topological polar surface area (TPSA) is 98.6 Å². The van der Waals surface area contributed by atoms with Gasteiger partial charge in [-0.2, -0.15) is 15.0 Å². The maximum atomic E-state index is 5.86. The zero-order valence-electron chi connectivity index (χ0n) is 12.2. The first-order valence-corrected chi connectivity index (χ1v) is 7.43. The van der Waals surface area contributed by atoms with Gasteiger partial charge >= 0.3 is 0 Å². The summed E-state index contributed by atoms with van der Waals surface area (Å²) in [5.74, 6) is 1.44. The van der Waals surface area contributed by atoms with E-state index in [1.165, 1.54) is 6.42 Å². The second kappa shape index (κ2) is 6.02. The highest BCUT2D eigenvalue weighted by Crippen LogP contribution is 2.20. The summed E-state index contributed by atoms with van der Waals surface area (Å²) in [6.45, 7) is 4.80. The van der Waals surface area contributed by atoms with Crippen molar-refractivity contribution in [3.8, 4) is 11.5 Å². The molecule has 0 aromatic carbocycles. The van der Waals surface area contributed by atoms with Crippen molar-refractivity contribution in [2.75, 3.05) is 23.7 Å². The molecule has 0 aliphatic carbocycles. The van der Waals surface area contributed by atoms with Crippen LogP contribution >= 0.6 is 0 Å². The highest BCUT2D eigenvalue weighted by atomic mass is 15.4. The van der Waals surface area contributed by atoms with E-state index in [1.807, 2.05) is 0 Å².